The van der Waals surface area contributed by atoms with Gasteiger partial charge in [-0.3, -0.25) is 19.2 Å². The van der Waals surface area contributed by atoms with Crippen molar-refractivity contribution in [2.24, 2.45) is 5.73 Å². The number of primary amides is 1. The van der Waals surface area contributed by atoms with Crippen molar-refractivity contribution in [3.8, 4) is 0 Å². The molecular formula is C34H44N4O6. The summed E-state index contributed by atoms with van der Waals surface area (Å²) in [6, 6.07) is 23.5. The molecule has 2 atom stereocenters. The third-order valence-corrected chi connectivity index (χ3v) is 6.58. The van der Waals surface area contributed by atoms with Crippen molar-refractivity contribution in [3.05, 3.63) is 107 Å². The average molecular weight is 605 g/mol. The van der Waals surface area contributed by atoms with Gasteiger partial charge in [0.25, 0.3) is 11.8 Å². The first-order valence-electron chi connectivity index (χ1n) is 14.8. The zero-order chi connectivity index (χ0) is 32.5. The normalized spacial score (nSPS) is 11.8. The van der Waals surface area contributed by atoms with E-state index in [4.69, 9.17) is 5.73 Å². The number of nitrogens with two attached hydrogens (primary N) is 1. The summed E-state index contributed by atoms with van der Waals surface area (Å²) in [5.74, 6) is -2.24. The van der Waals surface area contributed by atoms with Gasteiger partial charge in [-0.15, -0.1) is 0 Å². The fraction of sp³-hybridized carbons (Fsp3) is 0.353. The van der Waals surface area contributed by atoms with Crippen LogP contribution in [0, 0.1) is 6.92 Å². The molecule has 0 fully saturated rings. The first-order chi connectivity index (χ1) is 21.0. The van der Waals surface area contributed by atoms with Crippen molar-refractivity contribution in [2.45, 2.75) is 58.8 Å². The fourth-order valence-corrected chi connectivity index (χ4v) is 4.23. The highest BCUT2D eigenvalue weighted by Crippen LogP contribution is 2.14. The zero-order valence-corrected chi connectivity index (χ0v) is 25.7. The van der Waals surface area contributed by atoms with Crippen LogP contribution in [-0.4, -0.2) is 70.6 Å². The maximum atomic E-state index is 13.0. The SMILES string of the molecule is CCCN(CCC)C(=O)c1cc(C(N)=O)cc(C(=O)NCC(O)C(O)CC(=O)NCc2ccccc2)c1.Cc1ccccc1. The van der Waals surface area contributed by atoms with Crippen LogP contribution in [0.15, 0.2) is 78.9 Å². The van der Waals surface area contributed by atoms with Crippen molar-refractivity contribution in [3.63, 3.8) is 0 Å². The highest BCUT2D eigenvalue weighted by molar-refractivity contribution is 6.04. The van der Waals surface area contributed by atoms with Gasteiger partial charge in [0.15, 0.2) is 0 Å². The summed E-state index contributed by atoms with van der Waals surface area (Å²) in [5, 5.41) is 25.6. The Bertz CT molecular complexity index is 1340. The zero-order valence-electron chi connectivity index (χ0n) is 25.7. The van der Waals surface area contributed by atoms with Gasteiger partial charge < -0.3 is 31.5 Å². The van der Waals surface area contributed by atoms with Gasteiger partial charge in [-0.2, -0.15) is 0 Å². The number of amides is 4. The standard InChI is InChI=1S/C27H36N4O6.C7H8/c1-3-10-31(11-4-2)27(37)21-13-19(25(28)35)12-20(14-21)26(36)30-17-23(33)22(32)15-24(34)29-16-18-8-6-5-7-9-18;1-7-5-3-2-4-6-7/h5-9,12-14,22-23,32-33H,3-4,10-11,15-17H2,1-2H3,(H2,28,35)(H,29,34)(H,30,36);2-6H,1H3. The number of rotatable bonds is 14. The van der Waals surface area contributed by atoms with E-state index in [0.29, 0.717) is 13.1 Å². The third kappa shape index (κ3) is 12.4. The lowest BCUT2D eigenvalue weighted by Gasteiger charge is -2.22. The molecule has 6 N–H and O–H groups in total. The molecule has 0 bridgehead atoms. The van der Waals surface area contributed by atoms with Crippen LogP contribution in [0.2, 0.25) is 0 Å². The van der Waals surface area contributed by atoms with Gasteiger partial charge in [-0.1, -0.05) is 80.1 Å². The Morgan fingerprint density at radius 2 is 1.32 bits per heavy atom. The van der Waals surface area contributed by atoms with Gasteiger partial charge in [0, 0.05) is 42.9 Å². The van der Waals surface area contributed by atoms with Gasteiger partial charge in [0.05, 0.1) is 18.6 Å². The van der Waals surface area contributed by atoms with E-state index in [2.05, 4.69) is 29.7 Å². The molecule has 44 heavy (non-hydrogen) atoms. The van der Waals surface area contributed by atoms with E-state index < -0.39 is 29.9 Å². The van der Waals surface area contributed by atoms with E-state index in [-0.39, 0.29) is 42.1 Å². The number of carbonyl (C=O) groups is 4. The van der Waals surface area contributed by atoms with Crippen LogP contribution < -0.4 is 16.4 Å². The highest BCUT2D eigenvalue weighted by Gasteiger charge is 2.22. The number of nitrogens with one attached hydrogen (secondary N) is 2. The van der Waals surface area contributed by atoms with Crippen LogP contribution in [0.1, 0.15) is 75.3 Å². The van der Waals surface area contributed by atoms with Gasteiger partial charge >= 0.3 is 0 Å². The Kier molecular flexibility index (Phi) is 15.3. The van der Waals surface area contributed by atoms with E-state index >= 15 is 0 Å². The van der Waals surface area contributed by atoms with Crippen LogP contribution in [0.25, 0.3) is 0 Å². The predicted molar refractivity (Wildman–Crippen MR) is 170 cm³/mol. The minimum absolute atomic E-state index is 0.000354. The van der Waals surface area contributed by atoms with Crippen LogP contribution in [0.4, 0.5) is 0 Å². The van der Waals surface area contributed by atoms with E-state index in [1.807, 2.05) is 62.4 Å². The first-order valence-corrected chi connectivity index (χ1v) is 14.8. The molecule has 0 aliphatic carbocycles. The lowest BCUT2D eigenvalue weighted by molar-refractivity contribution is -0.124. The van der Waals surface area contributed by atoms with Gasteiger partial charge in [0.2, 0.25) is 11.8 Å². The third-order valence-electron chi connectivity index (χ3n) is 6.58. The van der Waals surface area contributed by atoms with Gasteiger partial charge in [0.1, 0.15) is 0 Å². The second-order valence-corrected chi connectivity index (χ2v) is 10.4. The number of nitrogens with zero attached hydrogens (tertiary/aromatic N) is 1. The second kappa shape index (κ2) is 18.9. The summed E-state index contributed by atoms with van der Waals surface area (Å²) >= 11 is 0. The molecule has 10 heteroatoms. The summed E-state index contributed by atoms with van der Waals surface area (Å²) in [5.41, 5.74) is 7.78. The smallest absolute Gasteiger partial charge is 0.253 e. The molecule has 0 aliphatic rings. The molecule has 3 aromatic rings. The molecule has 3 rings (SSSR count). The Morgan fingerprint density at radius 1 is 0.773 bits per heavy atom. The Hall–Kier alpha value is -4.54. The fourth-order valence-electron chi connectivity index (χ4n) is 4.23. The molecule has 0 heterocycles. The number of hydrogen-bond acceptors (Lipinski definition) is 6. The predicted octanol–water partition coefficient (Wildman–Crippen LogP) is 3.20. The van der Waals surface area contributed by atoms with Crippen LogP contribution >= 0.6 is 0 Å². The van der Waals surface area contributed by atoms with Crippen molar-refractivity contribution in [1.82, 2.24) is 15.5 Å². The van der Waals surface area contributed by atoms with Crippen molar-refractivity contribution >= 4 is 23.6 Å². The van der Waals surface area contributed by atoms with E-state index in [0.717, 1.165) is 18.4 Å². The maximum Gasteiger partial charge on any atom is 0.253 e. The first kappa shape index (κ1) is 35.7. The average Bonchev–Trinajstić information content (AvgIpc) is 3.02. The Morgan fingerprint density at radius 3 is 1.84 bits per heavy atom. The number of aliphatic hydroxyl groups is 2. The topological polar surface area (TPSA) is 162 Å². The van der Waals surface area contributed by atoms with Crippen molar-refractivity contribution in [1.29, 1.82) is 0 Å². The molecule has 0 aliphatic heterocycles. The lowest BCUT2D eigenvalue weighted by Crippen LogP contribution is -2.41. The van der Waals surface area contributed by atoms with Crippen molar-refractivity contribution < 1.29 is 29.4 Å². The lowest BCUT2D eigenvalue weighted by atomic mass is 10.0. The van der Waals surface area contributed by atoms with Crippen LogP contribution in [0.5, 0.6) is 0 Å². The van der Waals surface area contributed by atoms with E-state index in [9.17, 15) is 29.4 Å². The number of carbonyl (C=O) groups excluding carboxylic acids is 4. The largest absolute Gasteiger partial charge is 0.390 e. The number of hydrogen-bond donors (Lipinski definition) is 5. The molecule has 0 saturated carbocycles. The monoisotopic (exact) mass is 604 g/mol. The highest BCUT2D eigenvalue weighted by atomic mass is 16.3. The second-order valence-electron chi connectivity index (χ2n) is 10.4. The van der Waals surface area contributed by atoms with Crippen molar-refractivity contribution in [2.75, 3.05) is 19.6 Å². The summed E-state index contributed by atoms with van der Waals surface area (Å²) in [7, 11) is 0. The summed E-state index contributed by atoms with van der Waals surface area (Å²) in [6.45, 7) is 6.96. The minimum atomic E-state index is -1.42. The molecule has 0 saturated heterocycles. The van der Waals surface area contributed by atoms with E-state index in [1.165, 1.54) is 23.8 Å². The molecule has 3 aromatic carbocycles. The molecule has 236 valence electrons. The molecular weight excluding hydrogens is 560 g/mol. The molecule has 0 aromatic heterocycles. The quantitative estimate of drug-likeness (QED) is 0.190. The summed E-state index contributed by atoms with van der Waals surface area (Å²) in [6.07, 6.45) is -1.69. The summed E-state index contributed by atoms with van der Waals surface area (Å²) in [4.78, 5) is 51.3. The van der Waals surface area contributed by atoms with Crippen LogP contribution in [0.3, 0.4) is 0 Å². The Balaban J connectivity index is 0.000000843. The van der Waals surface area contributed by atoms with Gasteiger partial charge in [-0.25, -0.2) is 0 Å². The molecule has 10 nitrogen and oxygen atoms in total. The molecule has 0 spiro atoms. The maximum absolute atomic E-state index is 13.0. The summed E-state index contributed by atoms with van der Waals surface area (Å²) < 4.78 is 0. The Labute approximate surface area is 259 Å². The van der Waals surface area contributed by atoms with Crippen LogP contribution in [-0.2, 0) is 11.3 Å². The molecule has 4 amide bonds. The minimum Gasteiger partial charge on any atom is -0.390 e. The number of benzene rings is 3. The van der Waals surface area contributed by atoms with E-state index in [1.54, 1.807) is 4.90 Å². The molecule has 0 radical (unpaired) electrons. The number of aliphatic hydroxyl groups excluding tert-OH is 2. The molecule has 2 unspecified atom stereocenters. The number of aryl methyl sites for hydroxylation is 1. The van der Waals surface area contributed by atoms with Gasteiger partial charge in [-0.05, 0) is 43.5 Å².